The molecule has 0 aliphatic heterocycles. The molecule has 174 valence electrons. The van der Waals surface area contributed by atoms with E-state index in [-0.39, 0.29) is 0 Å². The van der Waals surface area contributed by atoms with Gasteiger partial charge in [-0.05, 0) is 60.9 Å². The van der Waals surface area contributed by atoms with E-state index in [9.17, 15) is 13.2 Å². The Bertz CT molecular complexity index is 1220. The second-order valence-corrected chi connectivity index (χ2v) is 11.0. The Morgan fingerprint density at radius 1 is 1.06 bits per heavy atom. The normalized spacial score (nSPS) is 12.2. The number of benzene rings is 3. The topological polar surface area (TPSA) is 66.5 Å². The van der Waals surface area contributed by atoms with E-state index in [1.165, 1.54) is 4.90 Å². The molecule has 33 heavy (non-hydrogen) atoms. The predicted molar refractivity (Wildman–Crippen MR) is 139 cm³/mol. The van der Waals surface area contributed by atoms with Gasteiger partial charge in [-0.15, -0.1) is 11.8 Å². The molecule has 3 aromatic rings. The Morgan fingerprint density at radius 3 is 2.39 bits per heavy atom. The van der Waals surface area contributed by atoms with Crippen molar-refractivity contribution in [2.45, 2.75) is 37.0 Å². The third kappa shape index (κ3) is 6.76. The van der Waals surface area contributed by atoms with Crippen molar-refractivity contribution in [2.24, 2.45) is 0 Å². The fraction of sp³-hybridized carbons (Fsp3) is 0.240. The Kier molecular flexibility index (Phi) is 8.46. The van der Waals surface area contributed by atoms with Gasteiger partial charge >= 0.3 is 0 Å². The molecule has 0 heterocycles. The van der Waals surface area contributed by atoms with Crippen LogP contribution in [0.1, 0.15) is 24.5 Å². The van der Waals surface area contributed by atoms with Crippen molar-refractivity contribution in [1.82, 2.24) is 0 Å². The van der Waals surface area contributed by atoms with Gasteiger partial charge in [-0.2, -0.15) is 0 Å². The van der Waals surface area contributed by atoms with E-state index < -0.39 is 22.0 Å². The minimum absolute atomic E-state index is 0.302. The van der Waals surface area contributed by atoms with Crippen LogP contribution >= 0.6 is 23.4 Å². The molecular weight excluding hydrogens is 476 g/mol. The maximum Gasteiger partial charge on any atom is 0.248 e. The first kappa shape index (κ1) is 25.1. The van der Waals surface area contributed by atoms with Gasteiger partial charge in [0.2, 0.25) is 15.9 Å². The van der Waals surface area contributed by atoms with E-state index in [1.807, 2.05) is 43.3 Å². The molecule has 8 heteroatoms. The van der Waals surface area contributed by atoms with Gasteiger partial charge in [0.05, 0.1) is 11.9 Å². The Hall–Kier alpha value is -2.48. The van der Waals surface area contributed by atoms with Gasteiger partial charge in [-0.25, -0.2) is 8.42 Å². The zero-order valence-corrected chi connectivity index (χ0v) is 21.2. The molecule has 0 fully saturated rings. The number of carbonyl (C=O) groups is 1. The second-order valence-electron chi connectivity index (χ2n) is 7.70. The number of sulfonamides is 1. The van der Waals surface area contributed by atoms with Crippen LogP contribution in [0.3, 0.4) is 0 Å². The van der Waals surface area contributed by atoms with E-state index in [0.717, 1.165) is 27.4 Å². The molecule has 0 saturated carbocycles. The van der Waals surface area contributed by atoms with Gasteiger partial charge in [-0.3, -0.25) is 9.10 Å². The number of carbonyl (C=O) groups excluding carboxylic acids is 1. The van der Waals surface area contributed by atoms with Crippen LogP contribution in [0.4, 0.5) is 11.4 Å². The molecule has 1 atom stereocenters. The fourth-order valence-electron chi connectivity index (χ4n) is 3.53. The Morgan fingerprint density at radius 2 is 1.79 bits per heavy atom. The van der Waals surface area contributed by atoms with Crippen LogP contribution in [0.15, 0.2) is 77.7 Å². The van der Waals surface area contributed by atoms with E-state index in [1.54, 1.807) is 43.0 Å². The summed E-state index contributed by atoms with van der Waals surface area (Å²) < 4.78 is 26.3. The van der Waals surface area contributed by atoms with Crippen molar-refractivity contribution in [1.29, 1.82) is 0 Å². The highest BCUT2D eigenvalue weighted by atomic mass is 35.5. The summed E-state index contributed by atoms with van der Waals surface area (Å²) in [6.07, 6.45) is 1.39. The molecule has 1 N–H and O–H groups in total. The van der Waals surface area contributed by atoms with E-state index in [4.69, 9.17) is 11.6 Å². The molecule has 3 rings (SSSR count). The van der Waals surface area contributed by atoms with Crippen molar-refractivity contribution in [3.05, 3.63) is 88.9 Å². The summed E-state index contributed by atoms with van der Waals surface area (Å²) in [6, 6.07) is 21.6. The molecule has 3 aromatic carbocycles. The number of anilines is 2. The number of thioether (sulfide) groups is 1. The van der Waals surface area contributed by atoms with Gasteiger partial charge in [0.1, 0.15) is 6.04 Å². The van der Waals surface area contributed by atoms with Crippen LogP contribution in [-0.4, -0.2) is 26.6 Å². The van der Waals surface area contributed by atoms with Crippen molar-refractivity contribution in [3.63, 3.8) is 0 Å². The lowest BCUT2D eigenvalue weighted by molar-refractivity contribution is -0.117. The van der Waals surface area contributed by atoms with Crippen LogP contribution in [-0.2, 0) is 20.6 Å². The predicted octanol–water partition coefficient (Wildman–Crippen LogP) is 6.12. The third-order valence-electron chi connectivity index (χ3n) is 5.09. The number of rotatable bonds is 9. The molecule has 0 aliphatic carbocycles. The van der Waals surface area contributed by atoms with Gasteiger partial charge in [0.15, 0.2) is 0 Å². The highest BCUT2D eigenvalue weighted by molar-refractivity contribution is 7.98. The molecule has 0 aliphatic rings. The van der Waals surface area contributed by atoms with E-state index >= 15 is 0 Å². The lowest BCUT2D eigenvalue weighted by Gasteiger charge is -2.30. The van der Waals surface area contributed by atoms with Gasteiger partial charge < -0.3 is 5.32 Å². The van der Waals surface area contributed by atoms with Crippen molar-refractivity contribution >= 4 is 50.7 Å². The summed E-state index contributed by atoms with van der Waals surface area (Å²) in [7, 11) is -3.72. The van der Waals surface area contributed by atoms with Crippen LogP contribution in [0, 0.1) is 6.92 Å². The van der Waals surface area contributed by atoms with E-state index in [2.05, 4.69) is 17.4 Å². The molecule has 0 radical (unpaired) electrons. The quantitative estimate of drug-likeness (QED) is 0.358. The molecule has 0 aromatic heterocycles. The molecular formula is C25H27ClN2O3S2. The number of amides is 1. The smallest absolute Gasteiger partial charge is 0.248 e. The monoisotopic (exact) mass is 502 g/mol. The minimum atomic E-state index is -3.72. The van der Waals surface area contributed by atoms with E-state index in [0.29, 0.717) is 22.8 Å². The molecule has 0 saturated heterocycles. The summed E-state index contributed by atoms with van der Waals surface area (Å²) >= 11 is 7.82. The Balaban J connectivity index is 1.77. The minimum Gasteiger partial charge on any atom is -0.324 e. The second kappa shape index (κ2) is 11.1. The molecule has 0 unspecified atom stereocenters. The molecule has 1 amide bonds. The first-order valence-corrected chi connectivity index (χ1v) is 13.7. The van der Waals surface area contributed by atoms with Crippen molar-refractivity contribution in [3.8, 4) is 0 Å². The van der Waals surface area contributed by atoms with Crippen molar-refractivity contribution < 1.29 is 13.2 Å². The van der Waals surface area contributed by atoms with Gasteiger partial charge in [-0.1, -0.05) is 54.9 Å². The number of aryl methyl sites for hydroxylation is 1. The van der Waals surface area contributed by atoms with Crippen LogP contribution < -0.4 is 9.62 Å². The fourth-order valence-corrected chi connectivity index (χ4v) is 5.78. The summed E-state index contributed by atoms with van der Waals surface area (Å²) in [5, 5.41) is 3.31. The summed E-state index contributed by atoms with van der Waals surface area (Å²) in [6.45, 7) is 3.71. The maximum absolute atomic E-state index is 13.2. The van der Waals surface area contributed by atoms with Crippen LogP contribution in [0.25, 0.3) is 0 Å². The van der Waals surface area contributed by atoms with Crippen LogP contribution in [0.2, 0.25) is 5.02 Å². The van der Waals surface area contributed by atoms with Crippen molar-refractivity contribution in [2.75, 3.05) is 15.9 Å². The number of halogens is 1. The lowest BCUT2D eigenvalue weighted by Crippen LogP contribution is -2.47. The third-order valence-corrected chi connectivity index (χ3v) is 7.59. The summed E-state index contributed by atoms with van der Waals surface area (Å²) in [5.74, 6) is 0.421. The molecule has 0 bridgehead atoms. The lowest BCUT2D eigenvalue weighted by atomic mass is 10.1. The summed E-state index contributed by atoms with van der Waals surface area (Å²) in [5.41, 5.74) is 3.07. The highest BCUT2D eigenvalue weighted by Gasteiger charge is 2.31. The first-order chi connectivity index (χ1) is 15.7. The highest BCUT2D eigenvalue weighted by Crippen LogP contribution is 2.28. The molecule has 0 spiro atoms. The SMILES string of the molecule is CC[C@H](C(=O)Nc1ccc(CSc2ccccc2)cc1C)N(c1cccc(Cl)c1)S(C)(=O)=O. The average molecular weight is 503 g/mol. The largest absolute Gasteiger partial charge is 0.324 e. The maximum atomic E-state index is 13.2. The zero-order chi connectivity index (χ0) is 24.0. The number of nitrogens with zero attached hydrogens (tertiary/aromatic N) is 1. The standard InChI is InChI=1S/C25H27ClN2O3S2/c1-4-24(28(33(3,30)31)21-10-8-9-20(26)16-21)25(29)27-23-14-13-19(15-18(23)2)17-32-22-11-6-5-7-12-22/h5-16,24H,4,17H2,1-3H3,(H,27,29)/t24-/m1/s1. The number of nitrogens with one attached hydrogen (secondary N) is 1. The van der Waals surface area contributed by atoms with Gasteiger partial charge in [0, 0.05) is 21.4 Å². The number of hydrogen-bond donors (Lipinski definition) is 1. The Labute approximate surface area is 205 Å². The zero-order valence-electron chi connectivity index (χ0n) is 18.8. The number of hydrogen-bond acceptors (Lipinski definition) is 4. The summed E-state index contributed by atoms with van der Waals surface area (Å²) in [4.78, 5) is 14.4. The van der Waals surface area contributed by atoms with Crippen LogP contribution in [0.5, 0.6) is 0 Å². The first-order valence-electron chi connectivity index (χ1n) is 10.5. The molecule has 5 nitrogen and oxygen atoms in total. The average Bonchev–Trinajstić information content (AvgIpc) is 2.77. The van der Waals surface area contributed by atoms with Gasteiger partial charge in [0.25, 0.3) is 0 Å².